The fourth-order valence-electron chi connectivity index (χ4n) is 4.65. The molecule has 0 N–H and O–H groups in total. The van der Waals surface area contributed by atoms with E-state index in [1.807, 2.05) is 42.5 Å². The van der Waals surface area contributed by atoms with Crippen molar-refractivity contribution in [1.29, 1.82) is 0 Å². The summed E-state index contributed by atoms with van der Waals surface area (Å²) >= 11 is 0. The van der Waals surface area contributed by atoms with Gasteiger partial charge in [-0.05, 0) is 13.1 Å². The molecule has 42 heavy (non-hydrogen) atoms. The molecule has 0 atom stereocenters. The second kappa shape index (κ2) is 19.2. The summed E-state index contributed by atoms with van der Waals surface area (Å²) in [6.45, 7) is 18.6. The van der Waals surface area contributed by atoms with Gasteiger partial charge in [0, 0.05) is 29.9 Å². The molecule has 0 aromatic heterocycles. The summed E-state index contributed by atoms with van der Waals surface area (Å²) in [4.78, 5) is 25.6. The minimum Gasteiger partial charge on any atom is -0.870 e. The van der Waals surface area contributed by atoms with Crippen molar-refractivity contribution in [3.8, 4) is 0 Å². The largest absolute Gasteiger partial charge is 4.00 e. The van der Waals surface area contributed by atoms with Crippen LogP contribution >= 0.6 is 0 Å². The van der Waals surface area contributed by atoms with Crippen molar-refractivity contribution in [2.45, 2.75) is 39.3 Å². The molecule has 1 aliphatic rings. The van der Waals surface area contributed by atoms with Crippen LogP contribution in [0.15, 0.2) is 91.0 Å². The maximum absolute atomic E-state index is 11.2. The predicted octanol–water partition coefficient (Wildman–Crippen LogP) is 4.55. The minimum atomic E-state index is -2.52. The normalized spacial score (nSPS) is 15.2. The summed E-state index contributed by atoms with van der Waals surface area (Å²) in [5, 5.41) is 4.81. The first-order valence-electron chi connectivity index (χ1n) is 14.1. The van der Waals surface area contributed by atoms with Crippen LogP contribution in [0, 0.1) is 31.1 Å². The molecule has 1 heterocycles. The summed E-state index contributed by atoms with van der Waals surface area (Å²) in [5.41, 5.74) is 2.98. The Kier molecular flexibility index (Phi) is 18.1. The second-order valence-electron chi connectivity index (χ2n) is 11.4. The van der Waals surface area contributed by atoms with E-state index in [0.29, 0.717) is 0 Å². The number of nitrogens with zero attached hydrogens (tertiary/aromatic N) is 6. The molecular formula is C30H45N6NaOSi3U. The van der Waals surface area contributed by atoms with E-state index in [0.717, 1.165) is 56.3 Å². The third-order valence-corrected chi connectivity index (χ3v) is 13.1. The fourth-order valence-corrected chi connectivity index (χ4v) is 9.85. The Balaban J connectivity index is 0.000000575. The molecular weight excluding hydrogens is 806 g/mol. The van der Waals surface area contributed by atoms with Crippen LogP contribution in [0.4, 0.5) is 17.1 Å². The summed E-state index contributed by atoms with van der Waals surface area (Å²) in [7, 11) is -6.38. The van der Waals surface area contributed by atoms with Crippen molar-refractivity contribution >= 4 is 42.3 Å². The summed E-state index contributed by atoms with van der Waals surface area (Å²) in [5.74, 6) is 0. The SMILES string of the molecule is C[Si](C)([N-]c1ccccc1)N1CC[N-]CCN([Si](C)(C)[N-]c2ccccc2)CC1.C[Si](C)([O-])[N-]c1ccccc1.[Na+].[U+4]. The minimum absolute atomic E-state index is 0. The molecule has 0 saturated carbocycles. The van der Waals surface area contributed by atoms with Gasteiger partial charge in [0.05, 0.1) is 0 Å². The summed E-state index contributed by atoms with van der Waals surface area (Å²) in [6.07, 6.45) is 0. The first kappa shape index (κ1) is 39.6. The van der Waals surface area contributed by atoms with Crippen molar-refractivity contribution in [1.82, 2.24) is 9.13 Å². The zero-order valence-electron chi connectivity index (χ0n) is 26.5. The van der Waals surface area contributed by atoms with Gasteiger partial charge in [-0.2, -0.15) is 8.48 Å². The van der Waals surface area contributed by atoms with Crippen molar-refractivity contribution < 1.29 is 65.5 Å². The quantitative estimate of drug-likeness (QED) is 0.312. The van der Waals surface area contributed by atoms with Crippen LogP contribution in [0.25, 0.3) is 20.3 Å². The second-order valence-corrected chi connectivity index (χ2v) is 22.2. The number of rotatable bonds is 8. The van der Waals surface area contributed by atoms with Crippen molar-refractivity contribution in [3.63, 3.8) is 0 Å². The van der Waals surface area contributed by atoms with Crippen LogP contribution in [0.2, 0.25) is 39.3 Å². The Hall–Kier alpha value is -0.397. The molecule has 7 nitrogen and oxygen atoms in total. The Morgan fingerprint density at radius 3 is 1.17 bits per heavy atom. The van der Waals surface area contributed by atoms with Gasteiger partial charge in [0.1, 0.15) is 0 Å². The summed E-state index contributed by atoms with van der Waals surface area (Å²) in [6, 6.07) is 30.2. The molecule has 3 aromatic rings. The van der Waals surface area contributed by atoms with Gasteiger partial charge in [0.25, 0.3) is 0 Å². The van der Waals surface area contributed by atoms with Crippen molar-refractivity contribution in [2.75, 3.05) is 39.3 Å². The molecule has 0 spiro atoms. The third kappa shape index (κ3) is 14.6. The van der Waals surface area contributed by atoms with Crippen LogP contribution in [0.5, 0.6) is 0 Å². The molecule has 4 rings (SSSR count). The van der Waals surface area contributed by atoms with E-state index < -0.39 is 25.3 Å². The first-order valence-corrected chi connectivity index (χ1v) is 22.8. The Morgan fingerprint density at radius 1 is 0.548 bits per heavy atom. The van der Waals surface area contributed by atoms with Crippen molar-refractivity contribution in [3.05, 3.63) is 111 Å². The topological polar surface area (TPSA) is 85.9 Å². The first-order chi connectivity index (χ1) is 18.9. The van der Waals surface area contributed by atoms with Crippen LogP contribution < -0.4 is 34.4 Å². The van der Waals surface area contributed by atoms with Crippen LogP contribution in [0.3, 0.4) is 0 Å². The maximum atomic E-state index is 11.2. The van der Waals surface area contributed by atoms with E-state index in [-0.39, 0.29) is 60.7 Å². The zero-order chi connectivity index (χ0) is 29.1. The van der Waals surface area contributed by atoms with Gasteiger partial charge >= 0.3 is 60.7 Å². The van der Waals surface area contributed by atoms with E-state index in [1.54, 1.807) is 13.1 Å². The van der Waals surface area contributed by atoms with Gasteiger partial charge in [-0.1, -0.05) is 117 Å². The van der Waals surface area contributed by atoms with Crippen LogP contribution in [0.1, 0.15) is 0 Å². The molecule has 1 fully saturated rings. The van der Waals surface area contributed by atoms with Crippen LogP contribution in [-0.4, -0.2) is 73.7 Å². The Morgan fingerprint density at radius 2 is 0.857 bits per heavy atom. The molecule has 1 saturated heterocycles. The standard InChI is InChI=1S/C22H34N5Si2.C8H11NOSi.Na.U/c1-28(2,24-21-11-7-5-8-12-21)26-17-15-23-16-18-27(20-19-26)29(3,4)25-22-13-9-6-10-14-22;1-11(2,10)9-8-6-4-3-5-7-8;;/h5-14H,15-20H2,1-4H3;3-7H,1-2H3;;/q-3;-2;+1;+4. The average molecular weight is 851 g/mol. The number of benzene rings is 3. The third-order valence-electron chi connectivity index (χ3n) is 6.72. The molecule has 0 bridgehead atoms. The Bertz CT molecular complexity index is 1060. The molecule has 0 aliphatic carbocycles. The molecule has 0 amide bonds. The number of hydrogen-bond acceptors (Lipinski definition) is 3. The monoisotopic (exact) mass is 850 g/mol. The molecule has 3 aromatic carbocycles. The van der Waals surface area contributed by atoms with Gasteiger partial charge in [-0.3, -0.25) is 0 Å². The van der Waals surface area contributed by atoms with Gasteiger partial charge < -0.3 is 34.2 Å². The van der Waals surface area contributed by atoms with E-state index in [4.69, 9.17) is 15.3 Å². The van der Waals surface area contributed by atoms with E-state index in [1.165, 1.54) is 0 Å². The van der Waals surface area contributed by atoms with E-state index >= 15 is 0 Å². The predicted molar refractivity (Wildman–Crippen MR) is 177 cm³/mol. The van der Waals surface area contributed by atoms with Gasteiger partial charge in [-0.15, -0.1) is 43.2 Å². The van der Waals surface area contributed by atoms with E-state index in [9.17, 15) is 4.80 Å². The summed E-state index contributed by atoms with van der Waals surface area (Å²) < 4.78 is 5.21. The van der Waals surface area contributed by atoms with Crippen molar-refractivity contribution in [2.24, 2.45) is 0 Å². The Labute approximate surface area is 303 Å². The van der Waals surface area contributed by atoms with Gasteiger partial charge in [0.2, 0.25) is 0 Å². The zero-order valence-corrected chi connectivity index (χ0v) is 35.7. The fraction of sp³-hybridized carbons (Fsp3) is 0.400. The maximum Gasteiger partial charge on any atom is 4.00 e. The smallest absolute Gasteiger partial charge is 0.870 e. The van der Waals surface area contributed by atoms with E-state index in [2.05, 4.69) is 88.8 Å². The molecule has 0 unspecified atom stereocenters. The van der Waals surface area contributed by atoms with Crippen LogP contribution in [-0.2, 0) is 0 Å². The molecule has 218 valence electrons. The molecule has 12 heteroatoms. The average Bonchev–Trinajstić information content (AvgIpc) is 3.02. The molecule has 0 radical (unpaired) electrons. The number of hydrogen-bond donors (Lipinski definition) is 0. The van der Waals surface area contributed by atoms with Gasteiger partial charge in [0.15, 0.2) is 0 Å². The molecule has 1 aliphatic heterocycles. The van der Waals surface area contributed by atoms with Gasteiger partial charge in [-0.25, -0.2) is 0 Å².